The second-order valence-corrected chi connectivity index (χ2v) is 5.12. The molecule has 6 nitrogen and oxygen atoms in total. The van der Waals surface area contributed by atoms with E-state index in [-0.39, 0.29) is 24.2 Å². The standard InChI is InChI=1S/C14H16N4O2/c15-14(20)11-7-13(19)18(9-11)5-3-10-1-2-12-16-4-6-17(12)8-10/h1-2,4,6,8,11H,3,5,7,9H2,(H2,15,20). The molecule has 0 radical (unpaired) electrons. The van der Waals surface area contributed by atoms with Crippen LogP contribution < -0.4 is 5.73 Å². The van der Waals surface area contributed by atoms with Crippen molar-refractivity contribution in [2.75, 3.05) is 13.1 Å². The molecule has 2 aromatic heterocycles. The first kappa shape index (κ1) is 12.7. The number of nitrogens with zero attached hydrogens (tertiary/aromatic N) is 3. The van der Waals surface area contributed by atoms with E-state index in [2.05, 4.69) is 4.98 Å². The van der Waals surface area contributed by atoms with Crippen molar-refractivity contribution in [2.45, 2.75) is 12.8 Å². The maximum Gasteiger partial charge on any atom is 0.223 e. The third kappa shape index (κ3) is 2.36. The molecule has 0 aromatic carbocycles. The van der Waals surface area contributed by atoms with Crippen molar-refractivity contribution in [1.82, 2.24) is 14.3 Å². The molecular formula is C14H16N4O2. The first-order chi connectivity index (χ1) is 9.63. The fourth-order valence-corrected chi connectivity index (χ4v) is 2.56. The van der Waals surface area contributed by atoms with E-state index >= 15 is 0 Å². The molecule has 1 atom stereocenters. The van der Waals surface area contributed by atoms with Crippen molar-refractivity contribution in [1.29, 1.82) is 0 Å². The summed E-state index contributed by atoms with van der Waals surface area (Å²) in [7, 11) is 0. The Morgan fingerprint density at radius 3 is 3.05 bits per heavy atom. The van der Waals surface area contributed by atoms with Crippen molar-refractivity contribution in [3.8, 4) is 0 Å². The number of pyridine rings is 1. The Bertz CT molecular complexity index is 664. The van der Waals surface area contributed by atoms with Gasteiger partial charge in [-0.25, -0.2) is 4.98 Å². The summed E-state index contributed by atoms with van der Waals surface area (Å²) in [6, 6.07) is 3.96. The largest absolute Gasteiger partial charge is 0.369 e. The lowest BCUT2D eigenvalue weighted by molar-refractivity contribution is -0.128. The zero-order valence-electron chi connectivity index (χ0n) is 11.0. The number of fused-ring (bicyclic) bond motifs is 1. The summed E-state index contributed by atoms with van der Waals surface area (Å²) in [5, 5.41) is 0. The normalized spacial score (nSPS) is 18.9. The van der Waals surface area contributed by atoms with Gasteiger partial charge in [-0.3, -0.25) is 9.59 Å². The van der Waals surface area contributed by atoms with Crippen molar-refractivity contribution in [3.05, 3.63) is 36.3 Å². The maximum atomic E-state index is 11.8. The Hall–Kier alpha value is -2.37. The summed E-state index contributed by atoms with van der Waals surface area (Å²) in [4.78, 5) is 28.8. The molecule has 1 aliphatic heterocycles. The van der Waals surface area contributed by atoms with Crippen LogP contribution in [-0.4, -0.2) is 39.2 Å². The van der Waals surface area contributed by atoms with Gasteiger partial charge in [-0.15, -0.1) is 0 Å². The van der Waals surface area contributed by atoms with E-state index in [0.29, 0.717) is 13.1 Å². The maximum absolute atomic E-state index is 11.8. The third-order valence-electron chi connectivity index (χ3n) is 3.74. The summed E-state index contributed by atoms with van der Waals surface area (Å²) < 4.78 is 1.95. The van der Waals surface area contributed by atoms with Crippen LogP contribution in [0.15, 0.2) is 30.7 Å². The van der Waals surface area contributed by atoms with Crippen LogP contribution in [0.1, 0.15) is 12.0 Å². The third-order valence-corrected chi connectivity index (χ3v) is 3.74. The molecule has 1 unspecified atom stereocenters. The number of hydrogen-bond donors (Lipinski definition) is 1. The highest BCUT2D eigenvalue weighted by atomic mass is 16.2. The SMILES string of the molecule is NC(=O)C1CC(=O)N(CCc2ccc3nccn3c2)C1. The second-order valence-electron chi connectivity index (χ2n) is 5.12. The number of hydrogen-bond acceptors (Lipinski definition) is 3. The molecule has 1 fully saturated rings. The van der Waals surface area contributed by atoms with Crippen molar-refractivity contribution >= 4 is 17.5 Å². The highest BCUT2D eigenvalue weighted by Gasteiger charge is 2.32. The van der Waals surface area contributed by atoms with Crippen LogP contribution in [0.5, 0.6) is 0 Å². The zero-order valence-corrected chi connectivity index (χ0v) is 11.0. The predicted octanol–water partition coefficient (Wildman–Crippen LogP) is 0.211. The Kier molecular flexibility index (Phi) is 3.14. The lowest BCUT2D eigenvalue weighted by Gasteiger charge is -2.16. The molecule has 20 heavy (non-hydrogen) atoms. The summed E-state index contributed by atoms with van der Waals surface area (Å²) in [6.45, 7) is 1.06. The number of carbonyl (C=O) groups is 2. The predicted molar refractivity (Wildman–Crippen MR) is 72.8 cm³/mol. The van der Waals surface area contributed by atoms with Gasteiger partial charge in [-0.05, 0) is 18.1 Å². The van der Waals surface area contributed by atoms with Gasteiger partial charge in [0.2, 0.25) is 11.8 Å². The summed E-state index contributed by atoms with van der Waals surface area (Å²) >= 11 is 0. The molecule has 1 saturated heterocycles. The molecule has 104 valence electrons. The van der Waals surface area contributed by atoms with Crippen LogP contribution in [-0.2, 0) is 16.0 Å². The van der Waals surface area contributed by atoms with Crippen molar-refractivity contribution in [3.63, 3.8) is 0 Å². The van der Waals surface area contributed by atoms with E-state index in [0.717, 1.165) is 17.6 Å². The average Bonchev–Trinajstić information content (AvgIpc) is 3.02. The Morgan fingerprint density at radius 2 is 2.30 bits per heavy atom. The van der Waals surface area contributed by atoms with Gasteiger partial charge in [-0.2, -0.15) is 0 Å². The number of imidazole rings is 1. The monoisotopic (exact) mass is 272 g/mol. The van der Waals surface area contributed by atoms with E-state index in [4.69, 9.17) is 5.73 Å². The Labute approximate surface area is 116 Å². The molecule has 3 rings (SSSR count). The number of nitrogens with two attached hydrogens (primary N) is 1. The van der Waals surface area contributed by atoms with Crippen molar-refractivity contribution in [2.24, 2.45) is 11.7 Å². The molecule has 0 bridgehead atoms. The van der Waals surface area contributed by atoms with Gasteiger partial charge in [0.1, 0.15) is 5.65 Å². The lowest BCUT2D eigenvalue weighted by atomic mass is 10.1. The molecule has 2 amide bonds. The van der Waals surface area contributed by atoms with Gasteiger partial charge < -0.3 is 15.0 Å². The minimum atomic E-state index is -0.388. The molecule has 2 aromatic rings. The zero-order chi connectivity index (χ0) is 14.1. The van der Waals surface area contributed by atoms with E-state index < -0.39 is 0 Å². The molecule has 0 aliphatic carbocycles. The van der Waals surface area contributed by atoms with E-state index in [1.807, 2.05) is 28.9 Å². The summed E-state index contributed by atoms with van der Waals surface area (Å²) in [5.74, 6) is -0.711. The molecule has 1 aliphatic rings. The molecule has 2 N–H and O–H groups in total. The number of rotatable bonds is 4. The quantitative estimate of drug-likeness (QED) is 0.864. The number of aromatic nitrogens is 2. The van der Waals surface area contributed by atoms with E-state index in [1.165, 1.54) is 0 Å². The number of primary amides is 1. The smallest absolute Gasteiger partial charge is 0.223 e. The molecular weight excluding hydrogens is 256 g/mol. The molecule has 0 spiro atoms. The van der Waals surface area contributed by atoms with Gasteiger partial charge in [0, 0.05) is 38.1 Å². The van der Waals surface area contributed by atoms with Crippen LogP contribution in [0.2, 0.25) is 0 Å². The van der Waals surface area contributed by atoms with Crippen LogP contribution >= 0.6 is 0 Å². The number of amides is 2. The minimum absolute atomic E-state index is 0.0116. The fraction of sp³-hybridized carbons (Fsp3) is 0.357. The van der Waals surface area contributed by atoms with Crippen LogP contribution in [0.3, 0.4) is 0 Å². The van der Waals surface area contributed by atoms with E-state index in [9.17, 15) is 9.59 Å². The molecule has 0 saturated carbocycles. The van der Waals surface area contributed by atoms with Gasteiger partial charge in [-0.1, -0.05) is 6.07 Å². The second kappa shape index (κ2) is 4.96. The number of likely N-dealkylation sites (tertiary alicyclic amines) is 1. The van der Waals surface area contributed by atoms with E-state index in [1.54, 1.807) is 11.1 Å². The van der Waals surface area contributed by atoms with Crippen LogP contribution in [0.25, 0.3) is 5.65 Å². The van der Waals surface area contributed by atoms with Gasteiger partial charge >= 0.3 is 0 Å². The summed E-state index contributed by atoms with van der Waals surface area (Å²) in [5.41, 5.74) is 7.28. The first-order valence-corrected chi connectivity index (χ1v) is 6.62. The number of carbonyl (C=O) groups excluding carboxylic acids is 2. The topological polar surface area (TPSA) is 80.7 Å². The first-order valence-electron chi connectivity index (χ1n) is 6.62. The Balaban J connectivity index is 1.64. The fourth-order valence-electron chi connectivity index (χ4n) is 2.56. The summed E-state index contributed by atoms with van der Waals surface area (Å²) in [6.07, 6.45) is 6.65. The minimum Gasteiger partial charge on any atom is -0.369 e. The van der Waals surface area contributed by atoms with Crippen molar-refractivity contribution < 1.29 is 9.59 Å². The van der Waals surface area contributed by atoms with Crippen LogP contribution in [0.4, 0.5) is 0 Å². The Morgan fingerprint density at radius 1 is 1.45 bits per heavy atom. The average molecular weight is 272 g/mol. The van der Waals surface area contributed by atoms with Gasteiger partial charge in [0.15, 0.2) is 0 Å². The molecule has 6 heteroatoms. The lowest BCUT2D eigenvalue weighted by Crippen LogP contribution is -2.30. The van der Waals surface area contributed by atoms with Gasteiger partial charge in [0.05, 0.1) is 5.92 Å². The highest BCUT2D eigenvalue weighted by Crippen LogP contribution is 2.17. The van der Waals surface area contributed by atoms with Gasteiger partial charge in [0.25, 0.3) is 0 Å². The van der Waals surface area contributed by atoms with Crippen LogP contribution in [0, 0.1) is 5.92 Å². The highest BCUT2D eigenvalue weighted by molar-refractivity contribution is 5.88. The molecule has 3 heterocycles.